The molecule has 0 aliphatic heterocycles. The molecule has 0 amide bonds. The Hall–Kier alpha value is -1.62. The number of halogens is 1. The van der Waals surface area contributed by atoms with Gasteiger partial charge in [-0.2, -0.15) is 0 Å². The van der Waals surface area contributed by atoms with Crippen molar-refractivity contribution in [3.05, 3.63) is 47.8 Å². The van der Waals surface area contributed by atoms with Crippen LogP contribution in [0.2, 0.25) is 0 Å². The van der Waals surface area contributed by atoms with Gasteiger partial charge in [-0.05, 0) is 42.9 Å². The first kappa shape index (κ1) is 13.4. The Morgan fingerprint density at radius 2 is 2.00 bits per heavy atom. The predicted octanol–water partition coefficient (Wildman–Crippen LogP) is 3.48. The number of hydrogen-bond donors (Lipinski definition) is 1. The van der Waals surface area contributed by atoms with Crippen LogP contribution >= 0.6 is 11.8 Å². The number of hydrogen-bond acceptors (Lipinski definition) is 4. The van der Waals surface area contributed by atoms with Crippen molar-refractivity contribution in [2.24, 2.45) is 0 Å². The fourth-order valence-electron chi connectivity index (χ4n) is 2.37. The van der Waals surface area contributed by atoms with Crippen molar-refractivity contribution < 1.29 is 4.39 Å². The Kier molecular flexibility index (Phi) is 3.61. The zero-order valence-electron chi connectivity index (χ0n) is 11.3. The lowest BCUT2D eigenvalue weighted by Crippen LogP contribution is -2.21. The SMILES string of the molecule is CSc1ccc(NCC2(c3ccccc3F)CC2)nn1. The van der Waals surface area contributed by atoms with E-state index in [9.17, 15) is 4.39 Å². The van der Waals surface area contributed by atoms with Crippen molar-refractivity contribution in [3.63, 3.8) is 0 Å². The third-order valence-electron chi connectivity index (χ3n) is 3.76. The van der Waals surface area contributed by atoms with Crippen LogP contribution in [0, 0.1) is 5.82 Å². The molecule has 1 saturated carbocycles. The van der Waals surface area contributed by atoms with E-state index in [1.807, 2.05) is 30.5 Å². The van der Waals surface area contributed by atoms with Gasteiger partial charge in [-0.15, -0.1) is 22.0 Å². The van der Waals surface area contributed by atoms with Gasteiger partial charge in [0.25, 0.3) is 0 Å². The quantitative estimate of drug-likeness (QED) is 0.855. The summed E-state index contributed by atoms with van der Waals surface area (Å²) in [5, 5.41) is 12.4. The van der Waals surface area contributed by atoms with Crippen molar-refractivity contribution in [1.82, 2.24) is 10.2 Å². The molecule has 2 aromatic rings. The second-order valence-corrected chi connectivity index (χ2v) is 5.90. The Labute approximate surface area is 122 Å². The number of aromatic nitrogens is 2. The summed E-state index contributed by atoms with van der Waals surface area (Å²) in [6.07, 6.45) is 3.99. The summed E-state index contributed by atoms with van der Waals surface area (Å²) in [6, 6.07) is 10.9. The van der Waals surface area contributed by atoms with Crippen LogP contribution in [0.15, 0.2) is 41.4 Å². The zero-order valence-corrected chi connectivity index (χ0v) is 12.1. The molecule has 5 heteroatoms. The van der Waals surface area contributed by atoms with Gasteiger partial charge in [0.15, 0.2) is 0 Å². The van der Waals surface area contributed by atoms with E-state index >= 15 is 0 Å². The minimum Gasteiger partial charge on any atom is -0.368 e. The molecular weight excluding hydrogens is 273 g/mol. The first-order chi connectivity index (χ1) is 9.73. The number of nitrogens with zero attached hydrogens (tertiary/aromatic N) is 2. The predicted molar refractivity (Wildman–Crippen MR) is 79.6 cm³/mol. The first-order valence-electron chi connectivity index (χ1n) is 6.60. The normalized spacial score (nSPS) is 15.9. The Balaban J connectivity index is 1.70. The summed E-state index contributed by atoms with van der Waals surface area (Å²) in [4.78, 5) is 0. The van der Waals surface area contributed by atoms with Gasteiger partial charge in [-0.25, -0.2) is 4.39 Å². The summed E-state index contributed by atoms with van der Waals surface area (Å²) >= 11 is 1.56. The van der Waals surface area contributed by atoms with Crippen LogP contribution in [0.25, 0.3) is 0 Å². The average Bonchev–Trinajstić information content (AvgIpc) is 3.27. The van der Waals surface area contributed by atoms with Gasteiger partial charge in [0.1, 0.15) is 16.7 Å². The van der Waals surface area contributed by atoms with Crippen molar-refractivity contribution >= 4 is 17.6 Å². The Morgan fingerprint density at radius 3 is 2.60 bits per heavy atom. The highest BCUT2D eigenvalue weighted by atomic mass is 32.2. The highest BCUT2D eigenvalue weighted by molar-refractivity contribution is 7.98. The van der Waals surface area contributed by atoms with Crippen LogP contribution in [0.1, 0.15) is 18.4 Å². The highest BCUT2D eigenvalue weighted by Crippen LogP contribution is 2.48. The molecule has 3 rings (SSSR count). The van der Waals surface area contributed by atoms with E-state index in [2.05, 4.69) is 15.5 Å². The van der Waals surface area contributed by atoms with Crippen LogP contribution in [0.3, 0.4) is 0 Å². The first-order valence-corrected chi connectivity index (χ1v) is 7.83. The summed E-state index contributed by atoms with van der Waals surface area (Å²) in [7, 11) is 0. The van der Waals surface area contributed by atoms with Crippen LogP contribution in [0.5, 0.6) is 0 Å². The van der Waals surface area contributed by atoms with Gasteiger partial charge >= 0.3 is 0 Å². The van der Waals surface area contributed by atoms with Gasteiger partial charge < -0.3 is 5.32 Å². The van der Waals surface area contributed by atoms with Gasteiger partial charge in [0.05, 0.1) is 0 Å². The number of benzene rings is 1. The third-order valence-corrected chi connectivity index (χ3v) is 4.39. The summed E-state index contributed by atoms with van der Waals surface area (Å²) in [6.45, 7) is 0.696. The van der Waals surface area contributed by atoms with Crippen LogP contribution in [0.4, 0.5) is 10.2 Å². The van der Waals surface area contributed by atoms with E-state index in [-0.39, 0.29) is 11.2 Å². The van der Waals surface area contributed by atoms with Crippen LogP contribution in [-0.2, 0) is 5.41 Å². The highest BCUT2D eigenvalue weighted by Gasteiger charge is 2.45. The molecule has 1 fully saturated rings. The number of thioether (sulfide) groups is 1. The van der Waals surface area contributed by atoms with Gasteiger partial charge in [0, 0.05) is 12.0 Å². The molecule has 0 saturated heterocycles. The van der Waals surface area contributed by atoms with Gasteiger partial charge in [-0.3, -0.25) is 0 Å². The summed E-state index contributed by atoms with van der Waals surface area (Å²) < 4.78 is 13.9. The molecule has 0 spiro atoms. The molecule has 0 unspecified atom stereocenters. The van der Waals surface area contributed by atoms with Crippen molar-refractivity contribution in [1.29, 1.82) is 0 Å². The largest absolute Gasteiger partial charge is 0.368 e. The average molecular weight is 289 g/mol. The van der Waals surface area contributed by atoms with Crippen LogP contribution in [-0.4, -0.2) is 23.0 Å². The molecule has 1 aromatic carbocycles. The lowest BCUT2D eigenvalue weighted by molar-refractivity contribution is 0.578. The fourth-order valence-corrected chi connectivity index (χ4v) is 2.69. The fraction of sp³-hybridized carbons (Fsp3) is 0.333. The second kappa shape index (κ2) is 5.40. The smallest absolute Gasteiger partial charge is 0.148 e. The maximum absolute atomic E-state index is 13.9. The zero-order chi connectivity index (χ0) is 14.0. The summed E-state index contributed by atoms with van der Waals surface area (Å²) in [5.41, 5.74) is 0.728. The molecular formula is C15H16FN3S. The van der Waals surface area contributed by atoms with Crippen molar-refractivity contribution in [2.75, 3.05) is 18.1 Å². The molecule has 0 radical (unpaired) electrons. The minimum atomic E-state index is -0.115. The van der Waals surface area contributed by atoms with E-state index in [1.165, 1.54) is 6.07 Å². The van der Waals surface area contributed by atoms with E-state index in [0.29, 0.717) is 6.54 Å². The standard InChI is InChI=1S/C15H16FN3S/c1-20-14-7-6-13(18-19-14)17-10-15(8-9-15)11-4-2-3-5-12(11)16/h2-7H,8-10H2,1H3,(H,17,18). The van der Waals surface area contributed by atoms with Gasteiger partial charge in [-0.1, -0.05) is 18.2 Å². The molecule has 3 nitrogen and oxygen atoms in total. The maximum Gasteiger partial charge on any atom is 0.148 e. The van der Waals surface area contributed by atoms with E-state index in [0.717, 1.165) is 29.2 Å². The van der Waals surface area contributed by atoms with Crippen LogP contribution < -0.4 is 5.32 Å². The molecule has 20 heavy (non-hydrogen) atoms. The lowest BCUT2D eigenvalue weighted by Gasteiger charge is -2.17. The van der Waals surface area contributed by atoms with E-state index < -0.39 is 0 Å². The monoisotopic (exact) mass is 289 g/mol. The molecule has 1 aliphatic rings. The van der Waals surface area contributed by atoms with Crippen molar-refractivity contribution in [3.8, 4) is 0 Å². The molecule has 104 valence electrons. The molecule has 1 aliphatic carbocycles. The third kappa shape index (κ3) is 2.63. The lowest BCUT2D eigenvalue weighted by atomic mass is 9.95. The summed E-state index contributed by atoms with van der Waals surface area (Å²) in [5.74, 6) is 0.626. The molecule has 1 aromatic heterocycles. The second-order valence-electron chi connectivity index (χ2n) is 5.07. The van der Waals surface area contributed by atoms with Crippen molar-refractivity contribution in [2.45, 2.75) is 23.3 Å². The maximum atomic E-state index is 13.9. The number of anilines is 1. The molecule has 1 N–H and O–H groups in total. The topological polar surface area (TPSA) is 37.8 Å². The van der Waals surface area contributed by atoms with Gasteiger partial charge in [0.2, 0.25) is 0 Å². The number of rotatable bonds is 5. The Morgan fingerprint density at radius 1 is 1.20 bits per heavy atom. The molecule has 1 heterocycles. The van der Waals surface area contributed by atoms with E-state index in [1.54, 1.807) is 17.8 Å². The number of nitrogens with one attached hydrogen (secondary N) is 1. The Bertz CT molecular complexity index is 596. The molecule has 0 atom stereocenters. The molecule has 0 bridgehead atoms. The van der Waals surface area contributed by atoms with E-state index in [4.69, 9.17) is 0 Å². The minimum absolute atomic E-state index is 0.0782.